The first kappa shape index (κ1) is 14.3. The summed E-state index contributed by atoms with van der Waals surface area (Å²) in [5.41, 5.74) is 0.298. The molecule has 1 saturated heterocycles. The minimum absolute atomic E-state index is 0.0989. The summed E-state index contributed by atoms with van der Waals surface area (Å²) in [6.45, 7) is 6.83. The minimum Gasteiger partial charge on any atom is -0.388 e. The zero-order valence-corrected chi connectivity index (χ0v) is 13.0. The quantitative estimate of drug-likeness (QED) is 0.930. The average molecular weight is 289 g/mol. The number of hydrogen-bond acceptors (Lipinski definition) is 5. The number of aliphatic hydroxyl groups is 1. The second-order valence-corrected chi connectivity index (χ2v) is 6.33. The van der Waals surface area contributed by atoms with Gasteiger partial charge in [-0.25, -0.2) is 4.98 Å². The van der Waals surface area contributed by atoms with Crippen LogP contribution in [0.2, 0.25) is 0 Å². The van der Waals surface area contributed by atoms with Crippen LogP contribution in [-0.2, 0) is 6.42 Å². The predicted octanol–water partition coefficient (Wildman–Crippen LogP) is 1.82. The summed E-state index contributed by atoms with van der Waals surface area (Å²) in [6.07, 6.45) is 5.58. The van der Waals surface area contributed by atoms with E-state index in [-0.39, 0.29) is 6.04 Å². The second-order valence-electron chi connectivity index (χ2n) is 6.33. The van der Waals surface area contributed by atoms with Crippen molar-refractivity contribution in [2.75, 3.05) is 11.4 Å². The van der Waals surface area contributed by atoms with Gasteiger partial charge in [0.25, 0.3) is 5.78 Å². The van der Waals surface area contributed by atoms with Crippen molar-refractivity contribution in [1.29, 1.82) is 0 Å². The molecule has 0 aliphatic carbocycles. The van der Waals surface area contributed by atoms with Gasteiger partial charge in [0.15, 0.2) is 0 Å². The molecule has 0 saturated carbocycles. The van der Waals surface area contributed by atoms with Gasteiger partial charge in [-0.15, -0.1) is 0 Å². The van der Waals surface area contributed by atoms with Crippen LogP contribution in [0.3, 0.4) is 0 Å². The standard InChI is InChI=1S/C15H23N5O/c1-4-6-11-9-13(20-14(18-11)16-10-17-20)19-8-5-7-12(19)15(2,3)21/h9-10,12,21H,4-8H2,1-3H3. The largest absolute Gasteiger partial charge is 0.388 e. The summed E-state index contributed by atoms with van der Waals surface area (Å²) in [4.78, 5) is 11.0. The summed E-state index contributed by atoms with van der Waals surface area (Å²) in [7, 11) is 0. The lowest BCUT2D eigenvalue weighted by Gasteiger charge is -2.35. The van der Waals surface area contributed by atoms with E-state index in [1.54, 1.807) is 4.52 Å². The fraction of sp³-hybridized carbons (Fsp3) is 0.667. The van der Waals surface area contributed by atoms with E-state index in [0.29, 0.717) is 5.78 Å². The van der Waals surface area contributed by atoms with Crippen LogP contribution in [0.4, 0.5) is 5.82 Å². The number of aryl methyl sites for hydroxylation is 1. The average Bonchev–Trinajstić information content (AvgIpc) is 3.06. The molecule has 0 aromatic carbocycles. The normalized spacial score (nSPS) is 19.6. The highest BCUT2D eigenvalue weighted by Crippen LogP contribution is 2.31. The van der Waals surface area contributed by atoms with Crippen LogP contribution >= 0.6 is 0 Å². The summed E-state index contributed by atoms with van der Waals surface area (Å²) in [6, 6.07) is 2.19. The zero-order valence-electron chi connectivity index (χ0n) is 13.0. The molecule has 2 aromatic heterocycles. The van der Waals surface area contributed by atoms with E-state index in [2.05, 4.69) is 33.0 Å². The maximum absolute atomic E-state index is 10.4. The van der Waals surface area contributed by atoms with Crippen LogP contribution in [-0.4, -0.2) is 42.9 Å². The van der Waals surface area contributed by atoms with Crippen LogP contribution in [0.1, 0.15) is 45.7 Å². The Balaban J connectivity index is 2.08. The minimum atomic E-state index is -0.738. The van der Waals surface area contributed by atoms with Crippen molar-refractivity contribution in [3.63, 3.8) is 0 Å². The Hall–Kier alpha value is -1.69. The first-order chi connectivity index (χ1) is 10.0. The molecule has 1 unspecified atom stereocenters. The van der Waals surface area contributed by atoms with Gasteiger partial charge in [0.1, 0.15) is 12.1 Å². The fourth-order valence-electron chi connectivity index (χ4n) is 3.21. The Labute approximate surface area is 124 Å². The Morgan fingerprint density at radius 1 is 1.43 bits per heavy atom. The van der Waals surface area contributed by atoms with Crippen LogP contribution < -0.4 is 4.90 Å². The monoisotopic (exact) mass is 289 g/mol. The SMILES string of the molecule is CCCc1cc(N2CCCC2C(C)(C)O)n2ncnc2n1. The molecule has 1 fully saturated rings. The zero-order chi connectivity index (χ0) is 15.0. The van der Waals surface area contributed by atoms with E-state index in [1.807, 2.05) is 13.8 Å². The molecule has 3 rings (SSSR count). The molecule has 0 spiro atoms. The highest BCUT2D eigenvalue weighted by atomic mass is 16.3. The van der Waals surface area contributed by atoms with Crippen molar-refractivity contribution in [2.24, 2.45) is 0 Å². The maximum atomic E-state index is 10.4. The Morgan fingerprint density at radius 3 is 2.95 bits per heavy atom. The Morgan fingerprint density at radius 2 is 2.24 bits per heavy atom. The predicted molar refractivity (Wildman–Crippen MR) is 81.4 cm³/mol. The third-order valence-electron chi connectivity index (χ3n) is 4.15. The van der Waals surface area contributed by atoms with E-state index in [1.165, 1.54) is 6.33 Å². The van der Waals surface area contributed by atoms with E-state index in [0.717, 1.165) is 43.7 Å². The topological polar surface area (TPSA) is 66.5 Å². The van der Waals surface area contributed by atoms with Gasteiger partial charge in [-0.1, -0.05) is 13.3 Å². The van der Waals surface area contributed by atoms with Crippen LogP contribution in [0.25, 0.3) is 5.78 Å². The number of fused-ring (bicyclic) bond motifs is 1. The highest BCUT2D eigenvalue weighted by Gasteiger charge is 2.37. The van der Waals surface area contributed by atoms with Crippen molar-refractivity contribution < 1.29 is 5.11 Å². The van der Waals surface area contributed by atoms with Crippen LogP contribution in [0.5, 0.6) is 0 Å². The number of nitrogens with zero attached hydrogens (tertiary/aromatic N) is 5. The van der Waals surface area contributed by atoms with Crippen LogP contribution in [0.15, 0.2) is 12.4 Å². The van der Waals surface area contributed by atoms with Gasteiger partial charge >= 0.3 is 0 Å². The molecule has 3 heterocycles. The molecular formula is C15H23N5O. The van der Waals surface area contributed by atoms with E-state index >= 15 is 0 Å². The van der Waals surface area contributed by atoms with Gasteiger partial charge < -0.3 is 10.0 Å². The van der Waals surface area contributed by atoms with E-state index < -0.39 is 5.60 Å². The molecule has 6 nitrogen and oxygen atoms in total. The molecule has 1 N–H and O–H groups in total. The summed E-state index contributed by atoms with van der Waals surface area (Å²) < 4.78 is 1.78. The molecule has 0 amide bonds. The molecular weight excluding hydrogens is 266 g/mol. The Kier molecular flexibility index (Phi) is 3.57. The lowest BCUT2D eigenvalue weighted by molar-refractivity contribution is 0.0532. The van der Waals surface area contributed by atoms with Crippen molar-refractivity contribution in [1.82, 2.24) is 19.6 Å². The van der Waals surface area contributed by atoms with Gasteiger partial charge in [-0.3, -0.25) is 0 Å². The molecule has 1 aliphatic heterocycles. The van der Waals surface area contributed by atoms with Gasteiger partial charge in [-0.05, 0) is 33.1 Å². The molecule has 0 bridgehead atoms. The van der Waals surface area contributed by atoms with Gasteiger partial charge in [0, 0.05) is 18.3 Å². The fourth-order valence-corrected chi connectivity index (χ4v) is 3.21. The lowest BCUT2D eigenvalue weighted by Crippen LogP contribution is -2.46. The maximum Gasteiger partial charge on any atom is 0.254 e. The van der Waals surface area contributed by atoms with E-state index in [4.69, 9.17) is 0 Å². The summed E-state index contributed by atoms with van der Waals surface area (Å²) >= 11 is 0. The third-order valence-corrected chi connectivity index (χ3v) is 4.15. The molecule has 1 atom stereocenters. The summed E-state index contributed by atoms with van der Waals surface area (Å²) in [5.74, 6) is 1.63. The molecule has 21 heavy (non-hydrogen) atoms. The molecule has 2 aromatic rings. The Bertz CT molecular complexity index is 631. The van der Waals surface area contributed by atoms with Gasteiger partial charge in [-0.2, -0.15) is 14.6 Å². The van der Waals surface area contributed by atoms with E-state index in [9.17, 15) is 5.11 Å². The number of aromatic nitrogens is 4. The van der Waals surface area contributed by atoms with Crippen molar-refractivity contribution >= 4 is 11.6 Å². The number of hydrogen-bond donors (Lipinski definition) is 1. The van der Waals surface area contributed by atoms with Crippen LogP contribution in [0, 0.1) is 0 Å². The van der Waals surface area contributed by atoms with Gasteiger partial charge in [0.2, 0.25) is 0 Å². The molecule has 6 heteroatoms. The van der Waals surface area contributed by atoms with Crippen molar-refractivity contribution in [3.05, 3.63) is 18.1 Å². The number of anilines is 1. The lowest BCUT2D eigenvalue weighted by atomic mass is 9.96. The number of rotatable bonds is 4. The molecule has 1 aliphatic rings. The molecule has 114 valence electrons. The first-order valence-electron chi connectivity index (χ1n) is 7.69. The third kappa shape index (κ3) is 2.60. The highest BCUT2D eigenvalue weighted by molar-refractivity contribution is 5.49. The van der Waals surface area contributed by atoms with Crippen molar-refractivity contribution in [3.8, 4) is 0 Å². The van der Waals surface area contributed by atoms with Crippen molar-refractivity contribution in [2.45, 2.75) is 58.1 Å². The smallest absolute Gasteiger partial charge is 0.254 e. The van der Waals surface area contributed by atoms with Gasteiger partial charge in [0.05, 0.1) is 11.6 Å². The molecule has 0 radical (unpaired) electrons. The first-order valence-corrected chi connectivity index (χ1v) is 7.69. The summed E-state index contributed by atoms with van der Waals surface area (Å²) in [5, 5.41) is 14.7. The second kappa shape index (κ2) is 5.26.